The van der Waals surface area contributed by atoms with Gasteiger partial charge in [-0.1, -0.05) is 36.9 Å². The molecule has 0 spiro atoms. The molecule has 1 aromatic heterocycles. The molecule has 9 nitrogen and oxygen atoms in total. The lowest BCUT2D eigenvalue weighted by Gasteiger charge is -2.26. The van der Waals surface area contributed by atoms with Crippen LogP contribution in [0.15, 0.2) is 63.1 Å². The minimum atomic E-state index is -3.64. The van der Waals surface area contributed by atoms with Gasteiger partial charge in [-0.15, -0.1) is 10.2 Å². The van der Waals surface area contributed by atoms with E-state index in [1.165, 1.54) is 16.4 Å². The first kappa shape index (κ1) is 23.4. The maximum Gasteiger partial charge on any atom is 0.277 e. The van der Waals surface area contributed by atoms with Gasteiger partial charge in [-0.25, -0.2) is 8.42 Å². The van der Waals surface area contributed by atoms with E-state index in [4.69, 9.17) is 9.15 Å². The van der Waals surface area contributed by atoms with E-state index in [-0.39, 0.29) is 27.7 Å². The van der Waals surface area contributed by atoms with Crippen molar-refractivity contribution >= 4 is 33.4 Å². The van der Waals surface area contributed by atoms with Crippen LogP contribution in [0.5, 0.6) is 0 Å². The van der Waals surface area contributed by atoms with E-state index in [0.717, 1.165) is 29.4 Å². The SMILES string of the molecule is CCc1cccc(NC(=O)CSc2nnc(-c3cccc(S(=O)(=O)N4CCOCC4)c3)o2)c1. The standard InChI is InChI=1S/C22H24N4O5S2/c1-2-16-5-3-7-18(13-16)23-20(27)15-32-22-25-24-21(31-22)17-6-4-8-19(14-17)33(28,29)26-9-11-30-12-10-26/h3-8,13-14H,2,9-12,15H2,1H3,(H,23,27). The Labute approximate surface area is 196 Å². The van der Waals surface area contributed by atoms with Gasteiger partial charge in [0.15, 0.2) is 0 Å². The van der Waals surface area contributed by atoms with E-state index in [2.05, 4.69) is 22.4 Å². The first-order valence-corrected chi connectivity index (χ1v) is 12.9. The zero-order valence-electron chi connectivity index (χ0n) is 18.1. The minimum Gasteiger partial charge on any atom is -0.411 e. The minimum absolute atomic E-state index is 0.101. The van der Waals surface area contributed by atoms with Crippen LogP contribution < -0.4 is 5.32 Å². The Balaban J connectivity index is 1.40. The van der Waals surface area contributed by atoms with Gasteiger partial charge in [0.05, 0.1) is 23.9 Å². The number of amides is 1. The average Bonchev–Trinajstić information content (AvgIpc) is 3.33. The summed E-state index contributed by atoms with van der Waals surface area (Å²) in [6.07, 6.45) is 0.887. The molecule has 0 unspecified atom stereocenters. The lowest BCUT2D eigenvalue weighted by Crippen LogP contribution is -2.40. The van der Waals surface area contributed by atoms with Gasteiger partial charge in [-0.05, 0) is 42.3 Å². The Kier molecular flexibility index (Phi) is 7.43. The molecule has 3 aromatic rings. The molecule has 1 amide bonds. The summed E-state index contributed by atoms with van der Waals surface area (Å²) in [5.74, 6) is 0.0999. The van der Waals surface area contributed by atoms with Gasteiger partial charge in [-0.2, -0.15) is 4.31 Å². The fraction of sp³-hybridized carbons (Fsp3) is 0.318. The Morgan fingerprint density at radius 2 is 1.91 bits per heavy atom. The lowest BCUT2D eigenvalue weighted by atomic mass is 10.1. The molecule has 0 aliphatic carbocycles. The van der Waals surface area contributed by atoms with Crippen LogP contribution in [0.25, 0.3) is 11.5 Å². The highest BCUT2D eigenvalue weighted by Crippen LogP contribution is 2.26. The zero-order valence-corrected chi connectivity index (χ0v) is 19.7. The van der Waals surface area contributed by atoms with Crippen molar-refractivity contribution in [2.45, 2.75) is 23.5 Å². The van der Waals surface area contributed by atoms with Crippen LogP contribution in [0.4, 0.5) is 5.69 Å². The van der Waals surface area contributed by atoms with Crippen molar-refractivity contribution in [3.63, 3.8) is 0 Å². The zero-order chi connectivity index (χ0) is 23.3. The quantitative estimate of drug-likeness (QED) is 0.481. The number of anilines is 1. The predicted octanol–water partition coefficient (Wildman–Crippen LogP) is 3.05. The summed E-state index contributed by atoms with van der Waals surface area (Å²) in [7, 11) is -3.64. The molecule has 0 saturated carbocycles. The molecule has 0 radical (unpaired) electrons. The molecule has 2 heterocycles. The number of sulfonamides is 1. The van der Waals surface area contributed by atoms with E-state index in [9.17, 15) is 13.2 Å². The van der Waals surface area contributed by atoms with Crippen molar-refractivity contribution in [1.82, 2.24) is 14.5 Å². The number of aromatic nitrogens is 2. The first-order valence-electron chi connectivity index (χ1n) is 10.5. The molecule has 0 atom stereocenters. The Morgan fingerprint density at radius 3 is 2.70 bits per heavy atom. The molecule has 1 aliphatic heterocycles. The number of carbonyl (C=O) groups excluding carboxylic acids is 1. The number of carbonyl (C=O) groups is 1. The molecule has 174 valence electrons. The van der Waals surface area contributed by atoms with Crippen LogP contribution in [0.1, 0.15) is 12.5 Å². The summed E-state index contributed by atoms with van der Waals surface area (Å²) in [6.45, 7) is 3.44. The normalized spacial score (nSPS) is 14.8. The summed E-state index contributed by atoms with van der Waals surface area (Å²) in [6, 6.07) is 14.1. The third-order valence-electron chi connectivity index (χ3n) is 5.04. The fourth-order valence-electron chi connectivity index (χ4n) is 3.30. The van der Waals surface area contributed by atoms with E-state index >= 15 is 0 Å². The molecule has 1 fully saturated rings. The van der Waals surface area contributed by atoms with Gasteiger partial charge in [-0.3, -0.25) is 4.79 Å². The average molecular weight is 489 g/mol. The smallest absolute Gasteiger partial charge is 0.277 e. The second kappa shape index (κ2) is 10.5. The summed E-state index contributed by atoms with van der Waals surface area (Å²) in [4.78, 5) is 12.4. The highest BCUT2D eigenvalue weighted by atomic mass is 32.2. The number of aryl methyl sites for hydroxylation is 1. The van der Waals surface area contributed by atoms with Crippen LogP contribution in [-0.4, -0.2) is 60.9 Å². The largest absolute Gasteiger partial charge is 0.411 e. The van der Waals surface area contributed by atoms with Gasteiger partial charge in [0, 0.05) is 24.3 Å². The highest BCUT2D eigenvalue weighted by Gasteiger charge is 2.27. The maximum atomic E-state index is 12.9. The summed E-state index contributed by atoms with van der Waals surface area (Å²) in [5, 5.41) is 11.1. The monoisotopic (exact) mass is 488 g/mol. The highest BCUT2D eigenvalue weighted by molar-refractivity contribution is 7.99. The topological polar surface area (TPSA) is 115 Å². The van der Waals surface area contributed by atoms with Crippen molar-refractivity contribution in [3.05, 3.63) is 54.1 Å². The van der Waals surface area contributed by atoms with Crippen LogP contribution in [0.2, 0.25) is 0 Å². The van der Waals surface area contributed by atoms with E-state index < -0.39 is 10.0 Å². The number of ether oxygens (including phenoxy) is 1. The number of nitrogens with one attached hydrogen (secondary N) is 1. The van der Waals surface area contributed by atoms with Crippen molar-refractivity contribution in [1.29, 1.82) is 0 Å². The number of benzene rings is 2. The Morgan fingerprint density at radius 1 is 1.12 bits per heavy atom. The van der Waals surface area contributed by atoms with Gasteiger partial charge in [0.25, 0.3) is 5.22 Å². The number of morpholine rings is 1. The van der Waals surface area contributed by atoms with Crippen LogP contribution in [0, 0.1) is 0 Å². The maximum absolute atomic E-state index is 12.9. The first-order chi connectivity index (χ1) is 16.0. The van der Waals surface area contributed by atoms with Gasteiger partial charge in [0.2, 0.25) is 21.8 Å². The van der Waals surface area contributed by atoms with Crippen molar-refractivity contribution in [2.75, 3.05) is 37.4 Å². The lowest BCUT2D eigenvalue weighted by molar-refractivity contribution is -0.113. The number of nitrogens with zero attached hydrogens (tertiary/aromatic N) is 3. The van der Waals surface area contributed by atoms with E-state index in [1.807, 2.05) is 24.3 Å². The summed E-state index contributed by atoms with van der Waals surface area (Å²) >= 11 is 1.11. The molecule has 33 heavy (non-hydrogen) atoms. The molecule has 1 aliphatic rings. The Hall–Kier alpha value is -2.73. The second-order valence-corrected chi connectivity index (χ2v) is 10.2. The van der Waals surface area contributed by atoms with Crippen molar-refractivity contribution < 1.29 is 22.4 Å². The Bertz CT molecular complexity index is 1220. The molecule has 2 aromatic carbocycles. The summed E-state index contributed by atoms with van der Waals surface area (Å²) < 4.78 is 38.1. The second-order valence-electron chi connectivity index (χ2n) is 7.31. The number of thioether (sulfide) groups is 1. The molecule has 1 N–H and O–H groups in total. The third-order valence-corrected chi connectivity index (χ3v) is 7.75. The number of hydrogen-bond acceptors (Lipinski definition) is 8. The van der Waals surface area contributed by atoms with Crippen LogP contribution >= 0.6 is 11.8 Å². The van der Waals surface area contributed by atoms with Gasteiger partial charge >= 0.3 is 0 Å². The molecular formula is C22H24N4O5S2. The predicted molar refractivity (Wildman–Crippen MR) is 124 cm³/mol. The number of rotatable bonds is 8. The third kappa shape index (κ3) is 5.80. The van der Waals surface area contributed by atoms with Crippen molar-refractivity contribution in [2.24, 2.45) is 0 Å². The number of hydrogen-bond donors (Lipinski definition) is 1. The summed E-state index contributed by atoms with van der Waals surface area (Å²) in [5.41, 5.74) is 2.37. The molecule has 11 heteroatoms. The molecule has 0 bridgehead atoms. The van der Waals surface area contributed by atoms with E-state index in [0.29, 0.717) is 31.9 Å². The fourth-order valence-corrected chi connectivity index (χ4v) is 5.32. The van der Waals surface area contributed by atoms with Gasteiger partial charge in [0.1, 0.15) is 0 Å². The molecular weight excluding hydrogens is 464 g/mol. The molecule has 1 saturated heterocycles. The van der Waals surface area contributed by atoms with Crippen molar-refractivity contribution in [3.8, 4) is 11.5 Å². The molecule has 4 rings (SSSR count). The van der Waals surface area contributed by atoms with Crippen LogP contribution in [0.3, 0.4) is 0 Å². The van der Waals surface area contributed by atoms with E-state index in [1.54, 1.807) is 12.1 Å². The van der Waals surface area contributed by atoms with Gasteiger partial charge < -0.3 is 14.5 Å². The van der Waals surface area contributed by atoms with Crippen LogP contribution in [-0.2, 0) is 26.0 Å².